The Hall–Kier alpha value is -2.84. The van der Waals surface area contributed by atoms with Gasteiger partial charge in [-0.1, -0.05) is 6.92 Å². The van der Waals surface area contributed by atoms with Crippen molar-refractivity contribution in [3.63, 3.8) is 0 Å². The van der Waals surface area contributed by atoms with Crippen LogP contribution in [-0.4, -0.2) is 22.4 Å². The zero-order valence-corrected chi connectivity index (χ0v) is 13.4. The minimum Gasteiger partial charge on any atom is -0.369 e. The van der Waals surface area contributed by atoms with Crippen LogP contribution in [0.4, 0.5) is 36.3 Å². The average molecular weight is 351 g/mol. The highest BCUT2D eigenvalue weighted by atomic mass is 19.4. The summed E-state index contributed by atoms with van der Waals surface area (Å²) in [5.74, 6) is -0.308. The lowest BCUT2D eigenvalue weighted by Crippen LogP contribution is -2.14. The molecule has 2 aromatic rings. The zero-order chi connectivity index (χ0) is 18.0. The van der Waals surface area contributed by atoms with Gasteiger partial charge in [-0.2, -0.15) is 18.2 Å². The molecule has 0 fully saturated rings. The third-order valence-electron chi connectivity index (χ3n) is 3.62. The van der Waals surface area contributed by atoms with Gasteiger partial charge in [0.15, 0.2) is 0 Å². The quantitative estimate of drug-likeness (QED) is 0.768. The monoisotopic (exact) mass is 351 g/mol. The van der Waals surface area contributed by atoms with Crippen LogP contribution in [-0.2, 0) is 17.4 Å². The summed E-state index contributed by atoms with van der Waals surface area (Å²) >= 11 is 0. The van der Waals surface area contributed by atoms with E-state index in [-0.39, 0.29) is 24.1 Å². The highest BCUT2D eigenvalue weighted by Gasteiger charge is 2.35. The highest BCUT2D eigenvalue weighted by molar-refractivity contribution is 5.99. The fourth-order valence-electron chi connectivity index (χ4n) is 2.46. The second-order valence-electron chi connectivity index (χ2n) is 5.60. The van der Waals surface area contributed by atoms with Crippen molar-refractivity contribution in [1.82, 2.24) is 9.97 Å². The van der Waals surface area contributed by atoms with E-state index in [2.05, 4.69) is 25.9 Å². The van der Waals surface area contributed by atoms with E-state index < -0.39 is 11.7 Å². The number of carbonyl (C=O) groups is 1. The van der Waals surface area contributed by atoms with Gasteiger partial charge in [-0.25, -0.2) is 4.98 Å². The fourth-order valence-corrected chi connectivity index (χ4v) is 2.46. The van der Waals surface area contributed by atoms with Crippen molar-refractivity contribution in [1.29, 1.82) is 0 Å². The number of rotatable bonds is 5. The molecule has 0 bridgehead atoms. The average Bonchev–Trinajstić information content (AvgIpc) is 2.91. The topological polar surface area (TPSA) is 78.9 Å². The van der Waals surface area contributed by atoms with Crippen LogP contribution in [0.25, 0.3) is 0 Å². The first-order valence-electron chi connectivity index (χ1n) is 7.74. The predicted octanol–water partition coefficient (Wildman–Crippen LogP) is 3.56. The summed E-state index contributed by atoms with van der Waals surface area (Å²) < 4.78 is 39.1. The van der Waals surface area contributed by atoms with Gasteiger partial charge in [-0.05, 0) is 30.2 Å². The summed E-state index contributed by atoms with van der Waals surface area (Å²) in [6.45, 7) is 2.21. The van der Waals surface area contributed by atoms with Crippen LogP contribution in [0.3, 0.4) is 0 Å². The van der Waals surface area contributed by atoms with Gasteiger partial charge in [-0.3, -0.25) is 4.79 Å². The van der Waals surface area contributed by atoms with Crippen molar-refractivity contribution < 1.29 is 18.0 Å². The molecule has 0 saturated carbocycles. The van der Waals surface area contributed by atoms with E-state index in [0.717, 1.165) is 17.4 Å². The number of carbonyl (C=O) groups excluding carboxylic acids is 1. The van der Waals surface area contributed by atoms with Crippen molar-refractivity contribution in [2.75, 3.05) is 22.5 Å². The van der Waals surface area contributed by atoms with Crippen LogP contribution < -0.4 is 16.0 Å². The lowest BCUT2D eigenvalue weighted by molar-refractivity contribution is -0.137. The van der Waals surface area contributed by atoms with E-state index in [4.69, 9.17) is 0 Å². The van der Waals surface area contributed by atoms with Gasteiger partial charge in [0.2, 0.25) is 11.9 Å². The molecule has 1 aromatic heterocycles. The molecule has 0 unspecified atom stereocenters. The summed E-state index contributed by atoms with van der Waals surface area (Å²) in [4.78, 5) is 19.1. The molecule has 0 aliphatic carbocycles. The van der Waals surface area contributed by atoms with Gasteiger partial charge in [-0.15, -0.1) is 0 Å². The molecule has 0 saturated heterocycles. The molecule has 6 nitrogen and oxygen atoms in total. The molecule has 2 heterocycles. The Labute approximate surface area is 141 Å². The SMILES string of the molecule is CCCNc1nc(Nc2ccc3c(c2)CC(=O)N3)ncc1C(F)(F)F. The van der Waals surface area contributed by atoms with Crippen molar-refractivity contribution in [3.05, 3.63) is 35.5 Å². The fraction of sp³-hybridized carbons (Fsp3) is 0.312. The minimum atomic E-state index is -4.53. The van der Waals surface area contributed by atoms with Gasteiger partial charge in [0, 0.05) is 24.1 Å². The number of nitrogens with one attached hydrogen (secondary N) is 3. The molecule has 1 aromatic carbocycles. The number of nitrogens with zero attached hydrogens (tertiary/aromatic N) is 2. The second kappa shape index (κ2) is 6.58. The summed E-state index contributed by atoms with van der Waals surface area (Å²) in [5, 5.41) is 8.26. The Morgan fingerprint density at radius 2 is 2.12 bits per heavy atom. The van der Waals surface area contributed by atoms with E-state index in [1.54, 1.807) is 18.2 Å². The van der Waals surface area contributed by atoms with E-state index in [9.17, 15) is 18.0 Å². The maximum atomic E-state index is 13.0. The Kier molecular flexibility index (Phi) is 4.47. The molecule has 3 rings (SSSR count). The first kappa shape index (κ1) is 17.0. The van der Waals surface area contributed by atoms with Crippen LogP contribution in [0.1, 0.15) is 24.5 Å². The number of fused-ring (bicyclic) bond motifs is 1. The first-order valence-corrected chi connectivity index (χ1v) is 7.74. The lowest BCUT2D eigenvalue weighted by Gasteiger charge is -2.14. The zero-order valence-electron chi connectivity index (χ0n) is 13.4. The van der Waals surface area contributed by atoms with Crippen LogP contribution in [0, 0.1) is 0 Å². The second-order valence-corrected chi connectivity index (χ2v) is 5.60. The molecule has 25 heavy (non-hydrogen) atoms. The van der Waals surface area contributed by atoms with E-state index in [1.807, 2.05) is 6.92 Å². The number of amides is 1. The predicted molar refractivity (Wildman–Crippen MR) is 87.9 cm³/mol. The van der Waals surface area contributed by atoms with Crippen LogP contribution in [0.5, 0.6) is 0 Å². The van der Waals surface area contributed by atoms with Crippen molar-refractivity contribution in [2.24, 2.45) is 0 Å². The molecule has 9 heteroatoms. The van der Waals surface area contributed by atoms with Gasteiger partial charge in [0.05, 0.1) is 6.42 Å². The molecule has 0 spiro atoms. The van der Waals surface area contributed by atoms with Crippen LogP contribution in [0.2, 0.25) is 0 Å². The largest absolute Gasteiger partial charge is 0.421 e. The van der Waals surface area contributed by atoms with Gasteiger partial charge < -0.3 is 16.0 Å². The third-order valence-corrected chi connectivity index (χ3v) is 3.62. The summed E-state index contributed by atoms with van der Waals surface area (Å²) in [5.41, 5.74) is 1.23. The molecular formula is C16H16F3N5O. The number of hydrogen-bond acceptors (Lipinski definition) is 5. The van der Waals surface area contributed by atoms with Crippen LogP contribution in [0.15, 0.2) is 24.4 Å². The normalized spacial score (nSPS) is 13.4. The van der Waals surface area contributed by atoms with Crippen molar-refractivity contribution >= 4 is 29.0 Å². The number of aromatic nitrogens is 2. The molecule has 0 radical (unpaired) electrons. The van der Waals surface area contributed by atoms with Crippen LogP contribution >= 0.6 is 0 Å². The van der Waals surface area contributed by atoms with Gasteiger partial charge in [0.25, 0.3) is 0 Å². The molecule has 1 aliphatic heterocycles. The maximum Gasteiger partial charge on any atom is 0.421 e. The standard InChI is InChI=1S/C16H16F3N5O/c1-2-5-20-14-11(16(17,18)19)8-21-15(24-14)22-10-3-4-12-9(6-10)7-13(25)23-12/h3-4,6,8H,2,5,7H2,1H3,(H,23,25)(H2,20,21,22,24). The van der Waals surface area contributed by atoms with E-state index in [1.165, 1.54) is 0 Å². The number of halogens is 3. The Morgan fingerprint density at radius 3 is 2.84 bits per heavy atom. The van der Waals surface area contributed by atoms with E-state index in [0.29, 0.717) is 18.7 Å². The third kappa shape index (κ3) is 3.81. The van der Waals surface area contributed by atoms with Gasteiger partial charge >= 0.3 is 6.18 Å². The molecular weight excluding hydrogens is 335 g/mol. The number of alkyl halides is 3. The Morgan fingerprint density at radius 1 is 1.32 bits per heavy atom. The molecule has 3 N–H and O–H groups in total. The highest BCUT2D eigenvalue weighted by Crippen LogP contribution is 2.34. The van der Waals surface area contributed by atoms with Gasteiger partial charge in [0.1, 0.15) is 11.4 Å². The minimum absolute atomic E-state index is 0.0452. The number of anilines is 4. The number of benzene rings is 1. The summed E-state index contributed by atoms with van der Waals surface area (Å²) in [7, 11) is 0. The summed E-state index contributed by atoms with van der Waals surface area (Å²) in [6.07, 6.45) is -2.85. The molecule has 1 amide bonds. The Balaban J connectivity index is 1.85. The van der Waals surface area contributed by atoms with Crippen molar-refractivity contribution in [2.45, 2.75) is 25.9 Å². The molecule has 1 aliphatic rings. The summed E-state index contributed by atoms with van der Waals surface area (Å²) in [6, 6.07) is 5.17. The number of hydrogen-bond donors (Lipinski definition) is 3. The lowest BCUT2D eigenvalue weighted by atomic mass is 10.1. The maximum absolute atomic E-state index is 13.0. The first-order chi connectivity index (χ1) is 11.9. The molecule has 0 atom stereocenters. The Bertz CT molecular complexity index is 807. The van der Waals surface area contributed by atoms with Crippen molar-refractivity contribution in [3.8, 4) is 0 Å². The molecule has 132 valence electrons. The smallest absolute Gasteiger partial charge is 0.369 e. The van der Waals surface area contributed by atoms with E-state index >= 15 is 0 Å².